The maximum atomic E-state index is 13.8. The number of thiazole rings is 1. The van der Waals surface area contributed by atoms with E-state index in [2.05, 4.69) is 4.99 Å². The van der Waals surface area contributed by atoms with Gasteiger partial charge in [-0.2, -0.15) is 18.2 Å². The molecule has 3 nitrogen and oxygen atoms in total. The quantitative estimate of drug-likeness (QED) is 0.691. The third-order valence-electron chi connectivity index (χ3n) is 3.14. The average Bonchev–Trinajstić information content (AvgIpc) is 2.76. The molecule has 1 amide bonds. The van der Waals surface area contributed by atoms with Crippen LogP contribution in [-0.4, -0.2) is 10.5 Å². The van der Waals surface area contributed by atoms with E-state index in [-0.39, 0.29) is 16.4 Å². The van der Waals surface area contributed by atoms with Crippen LogP contribution in [0.2, 0.25) is 0 Å². The predicted molar refractivity (Wildman–Crippen MR) is 83.4 cm³/mol. The van der Waals surface area contributed by atoms with Crippen LogP contribution in [-0.2, 0) is 11.0 Å². The summed E-state index contributed by atoms with van der Waals surface area (Å²) < 4.78 is 53.2. The van der Waals surface area contributed by atoms with Crippen molar-refractivity contribution in [2.45, 2.75) is 33.9 Å². The Morgan fingerprint density at radius 3 is 2.33 bits per heavy atom. The van der Waals surface area contributed by atoms with E-state index in [1.54, 1.807) is 33.9 Å². The fraction of sp³-hybridized carbons (Fsp3) is 0.375. The van der Waals surface area contributed by atoms with Crippen molar-refractivity contribution in [3.63, 3.8) is 0 Å². The minimum absolute atomic E-state index is 0.172. The summed E-state index contributed by atoms with van der Waals surface area (Å²) in [6.07, 6.45) is -3.16. The molecule has 0 saturated carbocycles. The second-order valence-corrected chi connectivity index (χ2v) is 7.54. The van der Waals surface area contributed by atoms with Crippen LogP contribution in [0.5, 0.6) is 0 Å². The number of nitrogens with zero attached hydrogens (tertiary/aromatic N) is 2. The number of alkyl halides is 3. The minimum Gasteiger partial charge on any atom is -0.292 e. The van der Waals surface area contributed by atoms with Crippen molar-refractivity contribution < 1.29 is 22.4 Å². The molecule has 0 bridgehead atoms. The second-order valence-electron chi connectivity index (χ2n) is 6.32. The number of benzene rings is 1. The van der Waals surface area contributed by atoms with Crippen LogP contribution in [0.1, 0.15) is 31.2 Å². The second kappa shape index (κ2) is 6.16. The fourth-order valence-electron chi connectivity index (χ4n) is 1.86. The van der Waals surface area contributed by atoms with Crippen LogP contribution in [0.15, 0.2) is 29.4 Å². The Morgan fingerprint density at radius 2 is 1.83 bits per heavy atom. The molecular weight excluding hydrogens is 344 g/mol. The number of carbonyl (C=O) groups excluding carboxylic acids is 1. The summed E-state index contributed by atoms with van der Waals surface area (Å²) in [4.78, 5) is 17.2. The van der Waals surface area contributed by atoms with E-state index in [1.165, 1.54) is 15.9 Å². The fourth-order valence-corrected chi connectivity index (χ4v) is 2.69. The summed E-state index contributed by atoms with van der Waals surface area (Å²) >= 11 is 1.20. The van der Waals surface area contributed by atoms with Gasteiger partial charge in [-0.15, -0.1) is 11.3 Å². The Balaban J connectivity index is 2.57. The third-order valence-corrected chi connectivity index (χ3v) is 4.04. The molecule has 130 valence electrons. The Morgan fingerprint density at radius 1 is 1.21 bits per heavy atom. The first-order valence-electron chi connectivity index (χ1n) is 7.05. The van der Waals surface area contributed by atoms with Gasteiger partial charge >= 0.3 is 6.18 Å². The Hall–Kier alpha value is -1.96. The maximum Gasteiger partial charge on any atom is 0.419 e. The van der Waals surface area contributed by atoms with E-state index in [4.69, 9.17) is 0 Å². The highest BCUT2D eigenvalue weighted by Gasteiger charge is 2.34. The van der Waals surface area contributed by atoms with Crippen molar-refractivity contribution in [2.75, 3.05) is 0 Å². The number of hydrogen-bond donors (Lipinski definition) is 0. The largest absolute Gasteiger partial charge is 0.419 e. The van der Waals surface area contributed by atoms with Crippen molar-refractivity contribution in [2.24, 2.45) is 10.4 Å². The lowest BCUT2D eigenvalue weighted by Gasteiger charge is -2.12. The van der Waals surface area contributed by atoms with Crippen molar-refractivity contribution in [1.29, 1.82) is 0 Å². The van der Waals surface area contributed by atoms with Gasteiger partial charge in [0.1, 0.15) is 5.82 Å². The number of hydrogen-bond acceptors (Lipinski definition) is 2. The zero-order chi connectivity index (χ0) is 18.3. The van der Waals surface area contributed by atoms with Crippen LogP contribution in [0.3, 0.4) is 0 Å². The first-order valence-corrected chi connectivity index (χ1v) is 7.86. The molecule has 0 N–H and O–H groups in total. The van der Waals surface area contributed by atoms with Gasteiger partial charge in [-0.1, -0.05) is 20.8 Å². The van der Waals surface area contributed by atoms with Crippen molar-refractivity contribution in [3.8, 4) is 5.69 Å². The van der Waals surface area contributed by atoms with Crippen LogP contribution in [0, 0.1) is 18.2 Å². The molecule has 1 heterocycles. The first kappa shape index (κ1) is 18.4. The summed E-state index contributed by atoms with van der Waals surface area (Å²) in [6, 6.07) is 2.62. The lowest BCUT2D eigenvalue weighted by atomic mass is 9.96. The van der Waals surface area contributed by atoms with Gasteiger partial charge in [0.15, 0.2) is 4.80 Å². The monoisotopic (exact) mass is 360 g/mol. The highest BCUT2D eigenvalue weighted by atomic mass is 32.1. The van der Waals surface area contributed by atoms with Crippen molar-refractivity contribution >= 4 is 17.2 Å². The van der Waals surface area contributed by atoms with E-state index < -0.39 is 23.0 Å². The normalized spacial score (nSPS) is 13.4. The molecular formula is C16H16F4N2OS. The summed E-state index contributed by atoms with van der Waals surface area (Å²) in [5.74, 6) is -1.74. The molecule has 8 heteroatoms. The average molecular weight is 360 g/mol. The predicted octanol–water partition coefficient (Wildman–Crippen LogP) is 4.48. The van der Waals surface area contributed by atoms with Crippen LogP contribution in [0.25, 0.3) is 5.69 Å². The molecule has 1 aromatic heterocycles. The molecule has 1 aromatic carbocycles. The van der Waals surface area contributed by atoms with Gasteiger partial charge in [0, 0.05) is 16.5 Å². The summed E-state index contributed by atoms with van der Waals surface area (Å²) in [5.41, 5.74) is -1.85. The summed E-state index contributed by atoms with van der Waals surface area (Å²) in [7, 11) is 0. The van der Waals surface area contributed by atoms with Gasteiger partial charge in [0.2, 0.25) is 0 Å². The van der Waals surface area contributed by atoms with Gasteiger partial charge < -0.3 is 0 Å². The zero-order valence-electron chi connectivity index (χ0n) is 13.5. The van der Waals surface area contributed by atoms with Gasteiger partial charge in [0.05, 0.1) is 11.3 Å². The van der Waals surface area contributed by atoms with Crippen molar-refractivity contribution in [1.82, 2.24) is 4.57 Å². The highest BCUT2D eigenvalue weighted by molar-refractivity contribution is 7.09. The first-order chi connectivity index (χ1) is 10.9. The molecule has 2 aromatic rings. The molecule has 0 unspecified atom stereocenters. The van der Waals surface area contributed by atoms with Crippen molar-refractivity contribution in [3.05, 3.63) is 45.5 Å². The molecule has 0 aliphatic heterocycles. The number of halogens is 4. The summed E-state index contributed by atoms with van der Waals surface area (Å²) in [6.45, 7) is 6.90. The molecule has 0 spiro atoms. The maximum absolute atomic E-state index is 13.8. The molecule has 0 radical (unpaired) electrons. The summed E-state index contributed by atoms with van der Waals surface area (Å²) in [5, 5.41) is 0. The smallest absolute Gasteiger partial charge is 0.292 e. The number of rotatable bonds is 1. The van der Waals surface area contributed by atoms with E-state index in [9.17, 15) is 22.4 Å². The molecule has 0 aliphatic rings. The number of amides is 1. The number of carbonyl (C=O) groups is 1. The highest BCUT2D eigenvalue weighted by Crippen LogP contribution is 2.32. The van der Waals surface area contributed by atoms with Gasteiger partial charge in [-0.25, -0.2) is 4.39 Å². The lowest BCUT2D eigenvalue weighted by Crippen LogP contribution is -2.23. The Labute approximate surface area is 140 Å². The standard InChI is InChI=1S/C16H16F4N2OS/c1-9-8-22(14(24-9)21-13(23)15(2,3)4)10-5-6-11(12(17)7-10)16(18,19)20/h5-8H,1-4H3/b21-14-. The van der Waals surface area contributed by atoms with Crippen LogP contribution < -0.4 is 4.80 Å². The van der Waals surface area contributed by atoms with E-state index >= 15 is 0 Å². The van der Waals surface area contributed by atoms with Gasteiger partial charge in [-0.05, 0) is 25.1 Å². The van der Waals surface area contributed by atoms with E-state index in [1.807, 2.05) is 0 Å². The lowest BCUT2D eigenvalue weighted by molar-refractivity contribution is -0.140. The van der Waals surface area contributed by atoms with E-state index in [0.717, 1.165) is 17.0 Å². The van der Waals surface area contributed by atoms with Gasteiger partial charge in [0.25, 0.3) is 5.91 Å². The molecule has 24 heavy (non-hydrogen) atoms. The minimum atomic E-state index is -4.76. The topological polar surface area (TPSA) is 34.4 Å². The molecule has 0 atom stereocenters. The molecule has 0 fully saturated rings. The number of aryl methyl sites for hydroxylation is 1. The van der Waals surface area contributed by atoms with E-state index in [0.29, 0.717) is 6.07 Å². The van der Waals surface area contributed by atoms with Gasteiger partial charge in [-0.3, -0.25) is 9.36 Å². The number of aromatic nitrogens is 1. The molecule has 2 rings (SSSR count). The van der Waals surface area contributed by atoms with Crippen LogP contribution >= 0.6 is 11.3 Å². The molecule has 0 saturated heterocycles. The Kier molecular flexibility index (Phi) is 4.72. The molecule has 0 aliphatic carbocycles. The Bertz CT molecular complexity index is 841. The zero-order valence-corrected chi connectivity index (χ0v) is 14.3. The van der Waals surface area contributed by atoms with Crippen LogP contribution in [0.4, 0.5) is 17.6 Å². The SMILES string of the molecule is Cc1cn(-c2ccc(C(F)(F)F)c(F)c2)/c(=N/C(=O)C(C)(C)C)s1. The third kappa shape index (κ3) is 3.92.